The fourth-order valence-corrected chi connectivity index (χ4v) is 2.31. The Labute approximate surface area is 89.7 Å². The van der Waals surface area contributed by atoms with Gasteiger partial charge in [0, 0.05) is 5.54 Å². The molecule has 0 aromatic heterocycles. The molecule has 84 valence electrons. The Balaban J connectivity index is 2.33. The van der Waals surface area contributed by atoms with Gasteiger partial charge in [0.15, 0.2) is 0 Å². The molecule has 1 heteroatoms. The molecular weight excluding hydrogens is 170 g/mol. The van der Waals surface area contributed by atoms with Crippen molar-refractivity contribution in [2.75, 3.05) is 6.54 Å². The Bertz CT molecular complexity index is 157. The molecular formula is C13H27N. The standard InChI is InChI=1S/C13H27N/c1-11-8-6-5-7-9-12(11)10-14-13(2,3)4/h11-12,14H,5-10H2,1-4H3. The lowest BCUT2D eigenvalue weighted by Gasteiger charge is -2.27. The van der Waals surface area contributed by atoms with Crippen LogP contribution in [0.5, 0.6) is 0 Å². The van der Waals surface area contributed by atoms with Crippen LogP contribution in [0.25, 0.3) is 0 Å². The van der Waals surface area contributed by atoms with E-state index in [4.69, 9.17) is 0 Å². The Hall–Kier alpha value is -0.0400. The van der Waals surface area contributed by atoms with Crippen LogP contribution in [0.1, 0.15) is 59.8 Å². The van der Waals surface area contributed by atoms with Gasteiger partial charge in [-0.15, -0.1) is 0 Å². The normalized spacial score (nSPS) is 30.0. The number of nitrogens with one attached hydrogen (secondary N) is 1. The van der Waals surface area contributed by atoms with E-state index in [9.17, 15) is 0 Å². The van der Waals surface area contributed by atoms with E-state index in [1.165, 1.54) is 38.6 Å². The van der Waals surface area contributed by atoms with Crippen molar-refractivity contribution < 1.29 is 0 Å². The first-order chi connectivity index (χ1) is 6.49. The molecule has 1 saturated carbocycles. The SMILES string of the molecule is CC1CCCCCC1CNC(C)(C)C. The van der Waals surface area contributed by atoms with Crippen molar-refractivity contribution in [3.63, 3.8) is 0 Å². The van der Waals surface area contributed by atoms with Crippen LogP contribution >= 0.6 is 0 Å². The molecule has 0 heterocycles. The van der Waals surface area contributed by atoms with Crippen LogP contribution in [0.4, 0.5) is 0 Å². The molecule has 1 aliphatic carbocycles. The van der Waals surface area contributed by atoms with E-state index >= 15 is 0 Å². The van der Waals surface area contributed by atoms with Crippen molar-refractivity contribution in [3.05, 3.63) is 0 Å². The lowest BCUT2D eigenvalue weighted by atomic mass is 9.89. The minimum atomic E-state index is 0.284. The fourth-order valence-electron chi connectivity index (χ4n) is 2.31. The van der Waals surface area contributed by atoms with Gasteiger partial charge in [-0.1, -0.05) is 32.6 Å². The highest BCUT2D eigenvalue weighted by Gasteiger charge is 2.21. The van der Waals surface area contributed by atoms with E-state index < -0.39 is 0 Å². The molecule has 1 rings (SSSR count). The number of hydrogen-bond donors (Lipinski definition) is 1. The average Bonchev–Trinajstić information content (AvgIpc) is 2.25. The second-order valence-corrected chi connectivity index (χ2v) is 6.01. The van der Waals surface area contributed by atoms with E-state index in [0.717, 1.165) is 11.8 Å². The van der Waals surface area contributed by atoms with Crippen LogP contribution in [-0.2, 0) is 0 Å². The third kappa shape index (κ3) is 4.45. The molecule has 0 radical (unpaired) electrons. The van der Waals surface area contributed by atoms with E-state index in [1.54, 1.807) is 0 Å². The average molecular weight is 197 g/mol. The highest BCUT2D eigenvalue weighted by molar-refractivity contribution is 4.77. The van der Waals surface area contributed by atoms with Crippen LogP contribution in [0.15, 0.2) is 0 Å². The molecule has 1 nitrogen and oxygen atoms in total. The van der Waals surface area contributed by atoms with E-state index in [1.807, 2.05) is 0 Å². The van der Waals surface area contributed by atoms with Crippen molar-refractivity contribution in [2.24, 2.45) is 11.8 Å². The van der Waals surface area contributed by atoms with Gasteiger partial charge in [-0.3, -0.25) is 0 Å². The van der Waals surface area contributed by atoms with Gasteiger partial charge in [-0.25, -0.2) is 0 Å². The van der Waals surface area contributed by atoms with Gasteiger partial charge in [-0.05, 0) is 45.6 Å². The summed E-state index contributed by atoms with van der Waals surface area (Å²) in [6.07, 6.45) is 7.23. The third-order valence-corrected chi connectivity index (χ3v) is 3.43. The second-order valence-electron chi connectivity index (χ2n) is 6.01. The monoisotopic (exact) mass is 197 g/mol. The summed E-state index contributed by atoms with van der Waals surface area (Å²) >= 11 is 0. The van der Waals surface area contributed by atoms with Gasteiger partial charge in [0.25, 0.3) is 0 Å². The van der Waals surface area contributed by atoms with Crippen LogP contribution < -0.4 is 5.32 Å². The molecule has 0 spiro atoms. The summed E-state index contributed by atoms with van der Waals surface area (Å²) in [5, 5.41) is 3.65. The largest absolute Gasteiger partial charge is 0.312 e. The van der Waals surface area contributed by atoms with Crippen molar-refractivity contribution >= 4 is 0 Å². The number of hydrogen-bond acceptors (Lipinski definition) is 1. The maximum atomic E-state index is 3.65. The van der Waals surface area contributed by atoms with Crippen molar-refractivity contribution in [2.45, 2.75) is 65.3 Å². The minimum Gasteiger partial charge on any atom is -0.312 e. The quantitative estimate of drug-likeness (QED) is 0.667. The van der Waals surface area contributed by atoms with Gasteiger partial charge in [-0.2, -0.15) is 0 Å². The van der Waals surface area contributed by atoms with E-state index in [0.29, 0.717) is 0 Å². The van der Waals surface area contributed by atoms with Crippen LogP contribution in [0, 0.1) is 11.8 Å². The van der Waals surface area contributed by atoms with Crippen molar-refractivity contribution in [3.8, 4) is 0 Å². The summed E-state index contributed by atoms with van der Waals surface area (Å²) in [5.74, 6) is 1.84. The Morgan fingerprint density at radius 1 is 1.07 bits per heavy atom. The Morgan fingerprint density at radius 2 is 1.71 bits per heavy atom. The fraction of sp³-hybridized carbons (Fsp3) is 1.00. The molecule has 1 fully saturated rings. The number of rotatable bonds is 2. The lowest BCUT2D eigenvalue weighted by Crippen LogP contribution is -2.40. The zero-order valence-electron chi connectivity index (χ0n) is 10.4. The predicted molar refractivity (Wildman–Crippen MR) is 63.5 cm³/mol. The molecule has 1 N–H and O–H groups in total. The lowest BCUT2D eigenvalue weighted by molar-refractivity contribution is 0.287. The van der Waals surface area contributed by atoms with Crippen molar-refractivity contribution in [1.29, 1.82) is 0 Å². The smallest absolute Gasteiger partial charge is 0.00966 e. The summed E-state index contributed by atoms with van der Waals surface area (Å²) in [4.78, 5) is 0. The van der Waals surface area contributed by atoms with Crippen LogP contribution in [0.3, 0.4) is 0 Å². The first-order valence-electron chi connectivity index (χ1n) is 6.24. The van der Waals surface area contributed by atoms with Gasteiger partial charge < -0.3 is 5.32 Å². The van der Waals surface area contributed by atoms with Crippen LogP contribution in [-0.4, -0.2) is 12.1 Å². The molecule has 14 heavy (non-hydrogen) atoms. The first-order valence-corrected chi connectivity index (χ1v) is 6.24. The molecule has 0 saturated heterocycles. The second kappa shape index (κ2) is 5.16. The molecule has 0 bridgehead atoms. The van der Waals surface area contributed by atoms with E-state index in [2.05, 4.69) is 33.0 Å². The third-order valence-electron chi connectivity index (χ3n) is 3.43. The summed E-state index contributed by atoms with van der Waals surface area (Å²) in [5.41, 5.74) is 0.284. The minimum absolute atomic E-state index is 0.284. The molecule has 2 unspecified atom stereocenters. The predicted octanol–water partition coefficient (Wildman–Crippen LogP) is 3.59. The maximum absolute atomic E-state index is 3.65. The molecule has 0 aromatic carbocycles. The van der Waals surface area contributed by atoms with Gasteiger partial charge >= 0.3 is 0 Å². The van der Waals surface area contributed by atoms with Crippen molar-refractivity contribution in [1.82, 2.24) is 5.32 Å². The van der Waals surface area contributed by atoms with E-state index in [-0.39, 0.29) is 5.54 Å². The highest BCUT2D eigenvalue weighted by Crippen LogP contribution is 2.28. The molecule has 0 aliphatic heterocycles. The Morgan fingerprint density at radius 3 is 2.36 bits per heavy atom. The van der Waals surface area contributed by atoms with Crippen LogP contribution in [0.2, 0.25) is 0 Å². The highest BCUT2D eigenvalue weighted by atomic mass is 14.9. The summed E-state index contributed by atoms with van der Waals surface area (Å²) in [6.45, 7) is 10.4. The zero-order chi connectivity index (χ0) is 10.6. The zero-order valence-corrected chi connectivity index (χ0v) is 10.4. The van der Waals surface area contributed by atoms with Gasteiger partial charge in [0.2, 0.25) is 0 Å². The molecule has 0 aromatic rings. The summed E-state index contributed by atoms with van der Waals surface area (Å²) in [6, 6.07) is 0. The molecule has 1 aliphatic rings. The van der Waals surface area contributed by atoms with Gasteiger partial charge in [0.05, 0.1) is 0 Å². The maximum Gasteiger partial charge on any atom is 0.00966 e. The Kier molecular flexibility index (Phi) is 4.43. The molecule has 2 atom stereocenters. The topological polar surface area (TPSA) is 12.0 Å². The summed E-state index contributed by atoms with van der Waals surface area (Å²) in [7, 11) is 0. The van der Waals surface area contributed by atoms with Gasteiger partial charge in [0.1, 0.15) is 0 Å². The summed E-state index contributed by atoms with van der Waals surface area (Å²) < 4.78 is 0. The molecule has 0 amide bonds. The first kappa shape index (κ1) is 12.0.